The van der Waals surface area contributed by atoms with Gasteiger partial charge in [-0.3, -0.25) is 0 Å². The number of imidazole rings is 1. The molecule has 1 aliphatic heterocycles. The molecule has 17 heavy (non-hydrogen) atoms. The van der Waals surface area contributed by atoms with Crippen molar-refractivity contribution in [2.45, 2.75) is 57.9 Å². The van der Waals surface area contributed by atoms with Crippen molar-refractivity contribution in [3.05, 3.63) is 18.2 Å². The summed E-state index contributed by atoms with van der Waals surface area (Å²) in [5, 5.41) is 3.36. The standard InChI is InChI=1S/C13H23N3O/c1-4-8-16-9-7-15-13(16)12(14-3)11-6-5-10(2)17-11/h7,9-12,14H,4-6,8H2,1-3H3. The minimum Gasteiger partial charge on any atom is -0.373 e. The SMILES string of the molecule is CCCn1ccnc1C(NC)C1CCC(C)O1. The van der Waals surface area contributed by atoms with Crippen molar-refractivity contribution in [3.8, 4) is 0 Å². The summed E-state index contributed by atoms with van der Waals surface area (Å²) < 4.78 is 8.19. The Labute approximate surface area is 103 Å². The third kappa shape index (κ3) is 2.69. The minimum absolute atomic E-state index is 0.210. The molecule has 4 heteroatoms. The fourth-order valence-corrected chi connectivity index (χ4v) is 2.59. The van der Waals surface area contributed by atoms with Crippen molar-refractivity contribution < 1.29 is 4.74 Å². The van der Waals surface area contributed by atoms with Gasteiger partial charge in [0.1, 0.15) is 5.82 Å². The number of hydrogen-bond acceptors (Lipinski definition) is 3. The maximum absolute atomic E-state index is 5.96. The molecule has 2 rings (SSSR count). The predicted molar refractivity (Wildman–Crippen MR) is 67.9 cm³/mol. The molecule has 0 amide bonds. The van der Waals surface area contributed by atoms with Crippen LogP contribution in [0.3, 0.4) is 0 Å². The van der Waals surface area contributed by atoms with E-state index in [9.17, 15) is 0 Å². The fourth-order valence-electron chi connectivity index (χ4n) is 2.59. The van der Waals surface area contributed by atoms with Crippen LogP contribution in [0, 0.1) is 0 Å². The van der Waals surface area contributed by atoms with Crippen LogP contribution in [-0.4, -0.2) is 28.8 Å². The van der Waals surface area contributed by atoms with Gasteiger partial charge in [-0.2, -0.15) is 0 Å². The van der Waals surface area contributed by atoms with Gasteiger partial charge in [0.25, 0.3) is 0 Å². The second-order valence-electron chi connectivity index (χ2n) is 4.81. The first kappa shape index (κ1) is 12.6. The van der Waals surface area contributed by atoms with Crippen LogP contribution in [0.2, 0.25) is 0 Å². The van der Waals surface area contributed by atoms with Crippen molar-refractivity contribution in [2.75, 3.05) is 7.05 Å². The Morgan fingerprint density at radius 2 is 2.41 bits per heavy atom. The average molecular weight is 237 g/mol. The van der Waals surface area contributed by atoms with Crippen LogP contribution in [-0.2, 0) is 11.3 Å². The van der Waals surface area contributed by atoms with Gasteiger partial charge in [0.05, 0.1) is 18.2 Å². The van der Waals surface area contributed by atoms with Crippen molar-refractivity contribution in [1.82, 2.24) is 14.9 Å². The lowest BCUT2D eigenvalue weighted by Gasteiger charge is -2.23. The molecule has 0 saturated carbocycles. The zero-order valence-electron chi connectivity index (χ0n) is 11.0. The first-order valence-corrected chi connectivity index (χ1v) is 6.60. The molecule has 1 N–H and O–H groups in total. The van der Waals surface area contributed by atoms with Crippen LogP contribution in [0.4, 0.5) is 0 Å². The number of aryl methyl sites for hydroxylation is 1. The monoisotopic (exact) mass is 237 g/mol. The Bertz CT molecular complexity index is 350. The molecular formula is C13H23N3O. The highest BCUT2D eigenvalue weighted by Gasteiger charge is 2.31. The van der Waals surface area contributed by atoms with E-state index in [1.54, 1.807) is 0 Å². The van der Waals surface area contributed by atoms with Crippen LogP contribution in [0.25, 0.3) is 0 Å². The van der Waals surface area contributed by atoms with Gasteiger partial charge in [0.2, 0.25) is 0 Å². The lowest BCUT2D eigenvalue weighted by atomic mass is 10.1. The number of rotatable bonds is 5. The molecule has 1 aromatic heterocycles. The van der Waals surface area contributed by atoms with E-state index < -0.39 is 0 Å². The molecule has 0 spiro atoms. The number of hydrogen-bond donors (Lipinski definition) is 1. The summed E-state index contributed by atoms with van der Waals surface area (Å²) in [4.78, 5) is 4.50. The Morgan fingerprint density at radius 3 is 3.00 bits per heavy atom. The van der Waals surface area contributed by atoms with E-state index in [4.69, 9.17) is 4.74 Å². The summed E-state index contributed by atoms with van der Waals surface area (Å²) in [6.07, 6.45) is 7.97. The van der Waals surface area contributed by atoms with Crippen molar-refractivity contribution in [3.63, 3.8) is 0 Å². The van der Waals surface area contributed by atoms with E-state index in [2.05, 4.69) is 34.9 Å². The van der Waals surface area contributed by atoms with Crippen LogP contribution >= 0.6 is 0 Å². The first-order valence-electron chi connectivity index (χ1n) is 6.60. The molecule has 0 aliphatic carbocycles. The highest BCUT2D eigenvalue weighted by atomic mass is 16.5. The third-order valence-corrected chi connectivity index (χ3v) is 3.44. The van der Waals surface area contributed by atoms with Gasteiger partial charge in [-0.25, -0.2) is 4.98 Å². The summed E-state index contributed by atoms with van der Waals surface area (Å²) in [6, 6.07) is 0.210. The van der Waals surface area contributed by atoms with E-state index in [1.165, 1.54) is 0 Å². The lowest BCUT2D eigenvalue weighted by Crippen LogP contribution is -2.32. The maximum atomic E-state index is 5.96. The zero-order valence-corrected chi connectivity index (χ0v) is 11.0. The van der Waals surface area contributed by atoms with E-state index in [-0.39, 0.29) is 12.1 Å². The third-order valence-electron chi connectivity index (χ3n) is 3.44. The van der Waals surface area contributed by atoms with Gasteiger partial charge in [-0.15, -0.1) is 0 Å². The first-order chi connectivity index (χ1) is 8.26. The second kappa shape index (κ2) is 5.65. The molecule has 4 nitrogen and oxygen atoms in total. The topological polar surface area (TPSA) is 39.1 Å². The Kier molecular flexibility index (Phi) is 4.18. The van der Waals surface area contributed by atoms with Gasteiger partial charge < -0.3 is 14.6 Å². The quantitative estimate of drug-likeness (QED) is 0.852. The van der Waals surface area contributed by atoms with Crippen molar-refractivity contribution in [2.24, 2.45) is 0 Å². The Balaban J connectivity index is 2.14. The van der Waals surface area contributed by atoms with Gasteiger partial charge in [-0.05, 0) is 33.2 Å². The lowest BCUT2D eigenvalue weighted by molar-refractivity contribution is 0.0306. The number of ether oxygens (including phenoxy) is 1. The molecule has 0 aromatic carbocycles. The number of nitrogens with zero attached hydrogens (tertiary/aromatic N) is 2. The van der Waals surface area contributed by atoms with E-state index in [0.29, 0.717) is 6.10 Å². The summed E-state index contributed by atoms with van der Waals surface area (Å²) >= 11 is 0. The van der Waals surface area contributed by atoms with Gasteiger partial charge >= 0.3 is 0 Å². The van der Waals surface area contributed by atoms with Crippen molar-refractivity contribution in [1.29, 1.82) is 0 Å². The molecular weight excluding hydrogens is 214 g/mol. The van der Waals surface area contributed by atoms with Gasteiger partial charge in [0.15, 0.2) is 0 Å². The molecule has 3 unspecified atom stereocenters. The van der Waals surface area contributed by atoms with Gasteiger partial charge in [-0.1, -0.05) is 6.92 Å². The van der Waals surface area contributed by atoms with E-state index in [0.717, 1.165) is 31.6 Å². The smallest absolute Gasteiger partial charge is 0.128 e. The Hall–Kier alpha value is -0.870. The Morgan fingerprint density at radius 1 is 1.59 bits per heavy atom. The largest absolute Gasteiger partial charge is 0.373 e. The fraction of sp³-hybridized carbons (Fsp3) is 0.769. The summed E-state index contributed by atoms with van der Waals surface area (Å²) in [6.45, 7) is 5.35. The average Bonchev–Trinajstić information content (AvgIpc) is 2.91. The molecule has 1 aromatic rings. The molecule has 0 bridgehead atoms. The zero-order chi connectivity index (χ0) is 12.3. The maximum Gasteiger partial charge on any atom is 0.128 e. The second-order valence-corrected chi connectivity index (χ2v) is 4.81. The van der Waals surface area contributed by atoms with Crippen LogP contribution in [0.15, 0.2) is 12.4 Å². The highest BCUT2D eigenvalue weighted by molar-refractivity contribution is 5.03. The van der Waals surface area contributed by atoms with E-state index >= 15 is 0 Å². The summed E-state index contributed by atoms with van der Waals surface area (Å²) in [7, 11) is 1.99. The van der Waals surface area contributed by atoms with E-state index in [1.807, 2.05) is 13.2 Å². The minimum atomic E-state index is 0.210. The van der Waals surface area contributed by atoms with Crippen molar-refractivity contribution >= 4 is 0 Å². The highest BCUT2D eigenvalue weighted by Crippen LogP contribution is 2.29. The predicted octanol–water partition coefficient (Wildman–Crippen LogP) is 2.12. The normalized spacial score (nSPS) is 26.3. The van der Waals surface area contributed by atoms with Crippen LogP contribution in [0.1, 0.15) is 45.0 Å². The molecule has 0 radical (unpaired) electrons. The number of likely N-dealkylation sites (N-methyl/N-ethyl adjacent to an activating group) is 1. The van der Waals surface area contributed by atoms with Gasteiger partial charge in [0, 0.05) is 18.9 Å². The van der Waals surface area contributed by atoms with Crippen LogP contribution < -0.4 is 5.32 Å². The summed E-state index contributed by atoms with van der Waals surface area (Å²) in [5.41, 5.74) is 0. The number of aromatic nitrogens is 2. The number of nitrogens with one attached hydrogen (secondary N) is 1. The molecule has 1 saturated heterocycles. The molecule has 1 fully saturated rings. The van der Waals surface area contributed by atoms with Crippen LogP contribution in [0.5, 0.6) is 0 Å². The molecule has 2 heterocycles. The molecule has 1 aliphatic rings. The molecule has 96 valence electrons. The summed E-state index contributed by atoms with van der Waals surface area (Å²) in [5.74, 6) is 1.11. The molecule has 3 atom stereocenters.